The minimum absolute atomic E-state index is 0.224. The Morgan fingerprint density at radius 1 is 1.17 bits per heavy atom. The van der Waals surface area contributed by atoms with E-state index in [4.69, 9.17) is 18.0 Å². The van der Waals surface area contributed by atoms with Crippen LogP contribution in [0, 0.1) is 12.3 Å². The zero-order valence-corrected chi connectivity index (χ0v) is 13.3. The van der Waals surface area contributed by atoms with E-state index in [1.54, 1.807) is 18.2 Å². The molecule has 6 heteroatoms. The van der Waals surface area contributed by atoms with Gasteiger partial charge in [0, 0.05) is 30.2 Å². The van der Waals surface area contributed by atoms with E-state index in [9.17, 15) is 13.2 Å². The third-order valence-electron chi connectivity index (χ3n) is 3.79. The molecule has 1 aliphatic heterocycles. The van der Waals surface area contributed by atoms with Crippen LogP contribution >= 0.6 is 11.6 Å². The van der Waals surface area contributed by atoms with Gasteiger partial charge in [-0.2, -0.15) is 0 Å². The number of hydrogen-bond donors (Lipinski definition) is 0. The van der Waals surface area contributed by atoms with Gasteiger partial charge in [0.25, 0.3) is 0 Å². The van der Waals surface area contributed by atoms with Crippen LogP contribution in [0.15, 0.2) is 36.4 Å². The average Bonchev–Trinajstić information content (AvgIpc) is 2.91. The summed E-state index contributed by atoms with van der Waals surface area (Å²) >= 11 is 6.26. The maximum Gasteiger partial charge on any atom is 0.573 e. The van der Waals surface area contributed by atoms with Gasteiger partial charge in [0.2, 0.25) is 0 Å². The molecule has 1 aliphatic rings. The van der Waals surface area contributed by atoms with E-state index in [1.165, 1.54) is 12.1 Å². The van der Waals surface area contributed by atoms with E-state index < -0.39 is 6.36 Å². The summed E-state index contributed by atoms with van der Waals surface area (Å²) in [6, 6.07) is 9.59. The molecular weight excluding hydrogens is 339 g/mol. The molecule has 0 aromatic heterocycles. The molecule has 0 radical (unpaired) electrons. The van der Waals surface area contributed by atoms with Crippen molar-refractivity contribution in [1.82, 2.24) is 4.90 Å². The number of rotatable bonds is 3. The number of halogens is 4. The van der Waals surface area contributed by atoms with Gasteiger partial charge >= 0.3 is 6.36 Å². The molecular formula is C18H13ClF3NO. The SMILES string of the molecule is C#Cc1cc(Cl)c2c(c1)CN(Cc1ccc(OC(F)(F)F)cc1)C2. The molecule has 24 heavy (non-hydrogen) atoms. The highest BCUT2D eigenvalue weighted by atomic mass is 35.5. The molecule has 2 aromatic carbocycles. The molecule has 0 unspecified atom stereocenters. The summed E-state index contributed by atoms with van der Waals surface area (Å²) in [5, 5.41) is 0.650. The first kappa shape index (κ1) is 16.7. The van der Waals surface area contributed by atoms with E-state index in [2.05, 4.69) is 15.6 Å². The van der Waals surface area contributed by atoms with E-state index >= 15 is 0 Å². The molecule has 0 fully saturated rings. The predicted octanol–water partition coefficient (Wildman–Crippen LogP) is 4.74. The average molecular weight is 352 g/mol. The maximum absolute atomic E-state index is 12.2. The summed E-state index contributed by atoms with van der Waals surface area (Å²) in [4.78, 5) is 2.15. The molecule has 0 spiro atoms. The Balaban J connectivity index is 1.68. The van der Waals surface area contributed by atoms with Gasteiger partial charge in [-0.3, -0.25) is 4.90 Å². The van der Waals surface area contributed by atoms with Crippen LogP contribution in [0.3, 0.4) is 0 Å². The van der Waals surface area contributed by atoms with E-state index in [0.717, 1.165) is 22.3 Å². The second kappa shape index (κ2) is 6.39. The number of hydrogen-bond acceptors (Lipinski definition) is 2. The smallest absolute Gasteiger partial charge is 0.406 e. The van der Waals surface area contributed by atoms with Gasteiger partial charge in [0.1, 0.15) is 5.75 Å². The molecule has 1 heterocycles. The first-order valence-electron chi connectivity index (χ1n) is 7.19. The van der Waals surface area contributed by atoms with E-state index in [0.29, 0.717) is 24.7 Å². The van der Waals surface area contributed by atoms with Crippen LogP contribution in [0.5, 0.6) is 5.75 Å². The second-order valence-electron chi connectivity index (χ2n) is 5.58. The Morgan fingerprint density at radius 3 is 2.50 bits per heavy atom. The maximum atomic E-state index is 12.2. The van der Waals surface area contributed by atoms with Crippen molar-refractivity contribution < 1.29 is 17.9 Å². The normalized spacial score (nSPS) is 14.3. The fraction of sp³-hybridized carbons (Fsp3) is 0.222. The standard InChI is InChI=1S/C18H13ClF3NO/c1-2-12-7-14-10-23(11-16(14)17(19)8-12)9-13-3-5-15(6-4-13)24-18(20,21)22/h1,3-8H,9-11H2. The third-order valence-corrected chi connectivity index (χ3v) is 4.13. The zero-order chi connectivity index (χ0) is 17.3. The van der Waals surface area contributed by atoms with Crippen LogP contribution in [-0.4, -0.2) is 11.3 Å². The topological polar surface area (TPSA) is 12.5 Å². The first-order valence-corrected chi connectivity index (χ1v) is 7.57. The summed E-state index contributed by atoms with van der Waals surface area (Å²) in [7, 11) is 0. The Hall–Kier alpha value is -2.16. The number of nitrogens with zero attached hydrogens (tertiary/aromatic N) is 1. The van der Waals surface area contributed by atoms with Gasteiger partial charge in [-0.15, -0.1) is 19.6 Å². The highest BCUT2D eigenvalue weighted by Crippen LogP contribution is 2.31. The summed E-state index contributed by atoms with van der Waals surface area (Å²) in [6.07, 6.45) is 0.738. The van der Waals surface area contributed by atoms with E-state index in [-0.39, 0.29) is 5.75 Å². The van der Waals surface area contributed by atoms with E-state index in [1.807, 2.05) is 6.07 Å². The number of fused-ring (bicyclic) bond motifs is 1. The molecule has 124 valence electrons. The largest absolute Gasteiger partial charge is 0.573 e. The highest BCUT2D eigenvalue weighted by Gasteiger charge is 2.31. The van der Waals surface area contributed by atoms with Gasteiger partial charge < -0.3 is 4.74 Å². The van der Waals surface area contributed by atoms with Crippen molar-refractivity contribution in [3.05, 3.63) is 63.7 Å². The van der Waals surface area contributed by atoms with Crippen LogP contribution < -0.4 is 4.74 Å². The van der Waals surface area contributed by atoms with Gasteiger partial charge in [-0.1, -0.05) is 29.7 Å². The van der Waals surface area contributed by atoms with Crippen molar-refractivity contribution in [3.63, 3.8) is 0 Å². The van der Waals surface area contributed by atoms with Gasteiger partial charge in [0.05, 0.1) is 0 Å². The third kappa shape index (κ3) is 3.84. The Kier molecular flexibility index (Phi) is 4.44. The molecule has 0 bridgehead atoms. The van der Waals surface area contributed by atoms with Crippen LogP contribution in [0.2, 0.25) is 5.02 Å². The van der Waals surface area contributed by atoms with Crippen LogP contribution in [-0.2, 0) is 19.6 Å². The molecule has 3 rings (SSSR count). The lowest BCUT2D eigenvalue weighted by Gasteiger charge is -2.15. The lowest BCUT2D eigenvalue weighted by molar-refractivity contribution is -0.274. The quantitative estimate of drug-likeness (QED) is 0.741. The molecule has 0 aliphatic carbocycles. The number of terminal acetylenes is 1. The van der Waals surface area contributed by atoms with Crippen molar-refractivity contribution >= 4 is 11.6 Å². The summed E-state index contributed by atoms with van der Waals surface area (Å²) in [6.45, 7) is 1.98. The molecule has 2 aromatic rings. The van der Waals surface area contributed by atoms with Gasteiger partial charge in [-0.05, 0) is 41.0 Å². The number of ether oxygens (including phenoxy) is 1. The zero-order valence-electron chi connectivity index (χ0n) is 12.5. The van der Waals surface area contributed by atoms with Crippen molar-refractivity contribution in [3.8, 4) is 18.1 Å². The van der Waals surface area contributed by atoms with Crippen molar-refractivity contribution in [2.24, 2.45) is 0 Å². The molecule has 0 saturated heterocycles. The Bertz CT molecular complexity index is 794. The summed E-state index contributed by atoms with van der Waals surface area (Å²) in [5.74, 6) is 2.35. The molecule has 0 atom stereocenters. The Labute approximate surface area is 142 Å². The Morgan fingerprint density at radius 2 is 1.88 bits per heavy atom. The first-order chi connectivity index (χ1) is 11.3. The van der Waals surface area contributed by atoms with Crippen molar-refractivity contribution in [2.75, 3.05) is 0 Å². The monoisotopic (exact) mass is 351 g/mol. The van der Waals surface area contributed by atoms with Crippen LogP contribution in [0.25, 0.3) is 0 Å². The van der Waals surface area contributed by atoms with Gasteiger partial charge in [-0.25, -0.2) is 0 Å². The minimum atomic E-state index is -4.68. The molecule has 0 saturated carbocycles. The fourth-order valence-corrected chi connectivity index (χ4v) is 3.08. The van der Waals surface area contributed by atoms with Crippen LogP contribution in [0.4, 0.5) is 13.2 Å². The summed E-state index contributed by atoms with van der Waals surface area (Å²) < 4.78 is 40.4. The molecule has 0 amide bonds. The minimum Gasteiger partial charge on any atom is -0.406 e. The number of benzene rings is 2. The van der Waals surface area contributed by atoms with Crippen molar-refractivity contribution in [2.45, 2.75) is 26.0 Å². The molecule has 0 N–H and O–H groups in total. The lowest BCUT2D eigenvalue weighted by Crippen LogP contribution is -2.17. The van der Waals surface area contributed by atoms with Gasteiger partial charge in [0.15, 0.2) is 0 Å². The molecule has 2 nitrogen and oxygen atoms in total. The second-order valence-corrected chi connectivity index (χ2v) is 5.98. The fourth-order valence-electron chi connectivity index (χ4n) is 2.78. The van der Waals surface area contributed by atoms with Crippen molar-refractivity contribution in [1.29, 1.82) is 0 Å². The lowest BCUT2D eigenvalue weighted by atomic mass is 10.1. The number of alkyl halides is 3. The van der Waals surface area contributed by atoms with Crippen LogP contribution in [0.1, 0.15) is 22.3 Å². The highest BCUT2D eigenvalue weighted by molar-refractivity contribution is 6.31. The predicted molar refractivity (Wildman–Crippen MR) is 85.5 cm³/mol. The summed E-state index contributed by atoms with van der Waals surface area (Å²) in [5.41, 5.74) is 3.78.